The van der Waals surface area contributed by atoms with Gasteiger partial charge in [0.25, 0.3) is 0 Å². The van der Waals surface area contributed by atoms with Gasteiger partial charge in [-0.2, -0.15) is 0 Å². The number of benzene rings is 2. The van der Waals surface area contributed by atoms with Crippen molar-refractivity contribution in [3.05, 3.63) is 66.4 Å². The molecule has 2 amide bonds. The summed E-state index contributed by atoms with van der Waals surface area (Å²) in [4.78, 5) is 58.8. The average molecular weight is 536 g/mol. The number of carbonyl (C=O) groups excluding carboxylic acids is 3. The zero-order chi connectivity index (χ0) is 28.4. The van der Waals surface area contributed by atoms with Crippen molar-refractivity contribution in [2.24, 2.45) is 11.7 Å². The Hall–Kier alpha value is -4.80. The van der Waals surface area contributed by atoms with Gasteiger partial charge in [0.15, 0.2) is 5.78 Å². The second-order valence-electron chi connectivity index (χ2n) is 9.04. The van der Waals surface area contributed by atoms with Crippen molar-refractivity contribution >= 4 is 29.5 Å². The Labute approximate surface area is 224 Å². The van der Waals surface area contributed by atoms with E-state index in [1.807, 2.05) is 54.6 Å². The van der Waals surface area contributed by atoms with Gasteiger partial charge in [-0.15, -0.1) is 0 Å². The lowest BCUT2D eigenvalue weighted by atomic mass is 9.92. The molecule has 39 heavy (non-hydrogen) atoms. The molecule has 3 rings (SSSR count). The van der Waals surface area contributed by atoms with Crippen molar-refractivity contribution in [1.29, 1.82) is 0 Å². The van der Waals surface area contributed by atoms with E-state index >= 15 is 0 Å². The molecule has 0 aliphatic rings. The molecule has 2 atom stereocenters. The zero-order valence-corrected chi connectivity index (χ0v) is 21.0. The minimum absolute atomic E-state index is 0.108. The van der Waals surface area contributed by atoms with E-state index in [0.717, 1.165) is 16.7 Å². The molecular formula is C28H29N3O8. The third kappa shape index (κ3) is 8.92. The van der Waals surface area contributed by atoms with Gasteiger partial charge in [-0.3, -0.25) is 24.0 Å². The number of primary amides is 1. The summed E-state index contributed by atoms with van der Waals surface area (Å²) in [5.74, 6) is -5.34. The van der Waals surface area contributed by atoms with Crippen molar-refractivity contribution in [3.63, 3.8) is 0 Å². The number of carboxylic acids is 2. The van der Waals surface area contributed by atoms with Crippen LogP contribution >= 0.6 is 0 Å². The van der Waals surface area contributed by atoms with Crippen LogP contribution in [-0.2, 0) is 30.4 Å². The highest BCUT2D eigenvalue weighted by molar-refractivity contribution is 5.94. The second kappa shape index (κ2) is 13.7. The maximum atomic E-state index is 12.7. The topological polar surface area (TPSA) is 190 Å². The number of rotatable bonds is 15. The fraction of sp³-hybridized carbons (Fsp3) is 0.286. The molecule has 0 fully saturated rings. The molecule has 2 aromatic carbocycles. The molecule has 0 aliphatic heterocycles. The second-order valence-corrected chi connectivity index (χ2v) is 9.04. The van der Waals surface area contributed by atoms with E-state index < -0.39 is 54.3 Å². The lowest BCUT2D eigenvalue weighted by molar-refractivity contribution is -0.140. The summed E-state index contributed by atoms with van der Waals surface area (Å²) >= 11 is 0. The van der Waals surface area contributed by atoms with E-state index in [1.165, 1.54) is 0 Å². The molecule has 0 bridgehead atoms. The Balaban J connectivity index is 1.57. The third-order valence-electron chi connectivity index (χ3n) is 6.10. The Morgan fingerprint density at radius 2 is 1.49 bits per heavy atom. The van der Waals surface area contributed by atoms with Crippen molar-refractivity contribution < 1.29 is 38.7 Å². The minimum Gasteiger partial charge on any atom is -0.481 e. The molecule has 3 aromatic rings. The van der Waals surface area contributed by atoms with Crippen molar-refractivity contribution in [2.75, 3.05) is 0 Å². The monoisotopic (exact) mass is 535 g/mol. The molecule has 11 heteroatoms. The van der Waals surface area contributed by atoms with Crippen LogP contribution < -0.4 is 11.1 Å². The fourth-order valence-corrected chi connectivity index (χ4v) is 3.98. The van der Waals surface area contributed by atoms with E-state index in [-0.39, 0.29) is 25.7 Å². The van der Waals surface area contributed by atoms with Crippen LogP contribution in [0, 0.1) is 5.92 Å². The van der Waals surface area contributed by atoms with Crippen molar-refractivity contribution in [1.82, 2.24) is 10.5 Å². The maximum Gasteiger partial charge on any atom is 0.305 e. The molecule has 0 radical (unpaired) electrons. The first-order chi connectivity index (χ1) is 18.6. The number of aliphatic carboxylic acids is 2. The number of nitrogens with zero attached hydrogens (tertiary/aromatic N) is 1. The molecule has 1 heterocycles. The molecule has 11 nitrogen and oxygen atoms in total. The molecule has 204 valence electrons. The summed E-state index contributed by atoms with van der Waals surface area (Å²) in [6.07, 6.45) is -1.68. The molecule has 1 aromatic heterocycles. The molecule has 0 saturated heterocycles. The van der Waals surface area contributed by atoms with Crippen LogP contribution in [0.5, 0.6) is 0 Å². The summed E-state index contributed by atoms with van der Waals surface area (Å²) in [6.45, 7) is 0. The number of nitrogens with one attached hydrogen (secondary N) is 1. The van der Waals surface area contributed by atoms with Crippen LogP contribution in [0.1, 0.15) is 37.9 Å². The highest BCUT2D eigenvalue weighted by Gasteiger charge is 2.28. The van der Waals surface area contributed by atoms with Crippen LogP contribution in [0.15, 0.2) is 65.2 Å². The molecular weight excluding hydrogens is 506 g/mol. The lowest BCUT2D eigenvalue weighted by Gasteiger charge is -2.18. The van der Waals surface area contributed by atoms with E-state index in [9.17, 15) is 24.0 Å². The van der Waals surface area contributed by atoms with Crippen molar-refractivity contribution in [3.8, 4) is 22.4 Å². The first-order valence-corrected chi connectivity index (χ1v) is 12.3. The first kappa shape index (κ1) is 28.8. The zero-order valence-electron chi connectivity index (χ0n) is 21.0. The van der Waals surface area contributed by atoms with Crippen LogP contribution in [0.2, 0.25) is 0 Å². The minimum atomic E-state index is -1.39. The molecule has 0 aliphatic carbocycles. The summed E-state index contributed by atoms with van der Waals surface area (Å²) in [5, 5.41) is 24.4. The fourth-order valence-electron chi connectivity index (χ4n) is 3.98. The number of carboxylic acid groups (broad SMARTS) is 2. The van der Waals surface area contributed by atoms with Crippen LogP contribution in [0.4, 0.5) is 0 Å². The van der Waals surface area contributed by atoms with Crippen LogP contribution in [-0.4, -0.2) is 50.9 Å². The van der Waals surface area contributed by atoms with Gasteiger partial charge in [0.05, 0.1) is 12.5 Å². The Morgan fingerprint density at radius 1 is 0.846 bits per heavy atom. The normalized spacial score (nSPS) is 12.3. The van der Waals surface area contributed by atoms with Gasteiger partial charge in [-0.05, 0) is 17.5 Å². The summed E-state index contributed by atoms with van der Waals surface area (Å²) in [5.41, 5.74) is 8.81. The highest BCUT2D eigenvalue weighted by Crippen LogP contribution is 2.25. The Kier molecular flexibility index (Phi) is 10.1. The highest BCUT2D eigenvalue weighted by atomic mass is 16.5. The standard InChI is InChI=1S/C28H29N3O8/c29-28(38)20(10-13-26(34)35)14-24(32)23(16-27(36)37)30-25(33)12-11-21-15-22(31-39-21)19-8-6-18(7-9-19)17-4-2-1-3-5-17/h1-9,15,20,23H,10-14,16H2,(H2,29,38)(H,30,33)(H,34,35)(H,36,37)/t20-,23+/m1/s1. The third-order valence-corrected chi connectivity index (χ3v) is 6.10. The van der Waals surface area contributed by atoms with Gasteiger partial charge in [-0.1, -0.05) is 59.8 Å². The van der Waals surface area contributed by atoms with Gasteiger partial charge in [-0.25, -0.2) is 0 Å². The number of carbonyl (C=O) groups is 5. The Morgan fingerprint density at radius 3 is 2.10 bits per heavy atom. The average Bonchev–Trinajstić information content (AvgIpc) is 3.38. The molecule has 0 saturated carbocycles. The number of hydrogen-bond acceptors (Lipinski definition) is 7. The quantitative estimate of drug-likeness (QED) is 0.227. The predicted octanol–water partition coefficient (Wildman–Crippen LogP) is 2.83. The number of ketones is 1. The number of Topliss-reactive ketones (excluding diaryl/α,β-unsaturated/α-hetero) is 1. The Bertz CT molecular complexity index is 1320. The van der Waals surface area contributed by atoms with Gasteiger partial charge in [0.2, 0.25) is 11.8 Å². The molecule has 0 spiro atoms. The smallest absolute Gasteiger partial charge is 0.305 e. The van der Waals surface area contributed by atoms with Crippen LogP contribution in [0.3, 0.4) is 0 Å². The summed E-state index contributed by atoms with van der Waals surface area (Å²) in [6, 6.07) is 18.0. The number of amides is 2. The maximum absolute atomic E-state index is 12.7. The predicted molar refractivity (Wildman–Crippen MR) is 139 cm³/mol. The summed E-state index contributed by atoms with van der Waals surface area (Å²) in [7, 11) is 0. The van der Waals surface area contributed by atoms with Gasteiger partial charge in [0.1, 0.15) is 11.5 Å². The number of nitrogens with two attached hydrogens (primary N) is 1. The SMILES string of the molecule is NC(=O)[C@H](CCC(=O)O)CC(=O)[C@H](CC(=O)O)NC(=O)CCc1cc(-c2ccc(-c3ccccc3)cc2)no1. The van der Waals surface area contributed by atoms with E-state index in [0.29, 0.717) is 11.5 Å². The molecule has 5 N–H and O–H groups in total. The number of aryl methyl sites for hydroxylation is 1. The van der Waals surface area contributed by atoms with Gasteiger partial charge in [0, 0.05) is 43.2 Å². The number of hydrogen-bond donors (Lipinski definition) is 4. The van der Waals surface area contributed by atoms with E-state index in [2.05, 4.69) is 10.5 Å². The largest absolute Gasteiger partial charge is 0.481 e. The van der Waals surface area contributed by atoms with Gasteiger partial charge >= 0.3 is 11.9 Å². The molecule has 0 unspecified atom stereocenters. The van der Waals surface area contributed by atoms with E-state index in [1.54, 1.807) is 6.07 Å². The number of aromatic nitrogens is 1. The summed E-state index contributed by atoms with van der Waals surface area (Å²) < 4.78 is 5.34. The van der Waals surface area contributed by atoms with E-state index in [4.69, 9.17) is 20.5 Å². The lowest BCUT2D eigenvalue weighted by Crippen LogP contribution is -2.43. The van der Waals surface area contributed by atoms with Crippen molar-refractivity contribution in [2.45, 2.75) is 44.6 Å². The van der Waals surface area contributed by atoms with Gasteiger partial charge < -0.3 is 25.8 Å². The van der Waals surface area contributed by atoms with Crippen LogP contribution in [0.25, 0.3) is 22.4 Å². The first-order valence-electron chi connectivity index (χ1n) is 12.3.